The third kappa shape index (κ3) is 1.37. The maximum atomic E-state index is 5.57. The molecule has 0 amide bonds. The number of aryl methyl sites for hydroxylation is 1. The molecular weight excluding hydrogens is 150 g/mol. The Morgan fingerprint density at radius 3 is 3.25 bits per heavy atom. The fraction of sp³-hybridized carbons (Fsp3) is 0.400. The number of hydrogen-bond donors (Lipinski definition) is 1. The Kier molecular flexibility index (Phi) is 1.90. The van der Waals surface area contributed by atoms with Crippen LogP contribution < -0.4 is 10.1 Å². The summed E-state index contributed by atoms with van der Waals surface area (Å²) in [6, 6.07) is 6.25. The second-order valence-corrected chi connectivity index (χ2v) is 3.13. The summed E-state index contributed by atoms with van der Waals surface area (Å²) >= 11 is 0. The zero-order chi connectivity index (χ0) is 8.39. The summed E-state index contributed by atoms with van der Waals surface area (Å²) in [6.45, 7) is 3.91. The number of nitrogens with one attached hydrogen (secondary N) is 1. The minimum absolute atomic E-state index is 0.823. The molecule has 0 saturated heterocycles. The first kappa shape index (κ1) is 7.47. The molecule has 1 aliphatic rings. The Balaban J connectivity index is 2.36. The molecule has 0 fully saturated rings. The lowest BCUT2D eigenvalue weighted by Gasteiger charge is -2.07. The molecule has 2 nitrogen and oxygen atoms in total. The summed E-state index contributed by atoms with van der Waals surface area (Å²) in [5, 5.41) is 3.33. The van der Waals surface area contributed by atoms with Gasteiger partial charge in [0.05, 0.1) is 12.3 Å². The fourth-order valence-electron chi connectivity index (χ4n) is 1.37. The predicted molar refractivity (Wildman–Crippen MR) is 49.8 cm³/mol. The highest BCUT2D eigenvalue weighted by molar-refractivity contribution is 5.58. The van der Waals surface area contributed by atoms with Gasteiger partial charge in [-0.2, -0.15) is 0 Å². The molecule has 0 unspecified atom stereocenters. The van der Waals surface area contributed by atoms with Crippen molar-refractivity contribution in [3.8, 4) is 5.75 Å². The van der Waals surface area contributed by atoms with Gasteiger partial charge < -0.3 is 10.1 Å². The molecule has 0 spiro atoms. The molecule has 0 atom stereocenters. The van der Waals surface area contributed by atoms with Crippen molar-refractivity contribution in [2.45, 2.75) is 13.3 Å². The average molecular weight is 163 g/mol. The summed E-state index contributed by atoms with van der Waals surface area (Å²) in [5.41, 5.74) is 2.37. The number of hydrogen-bond acceptors (Lipinski definition) is 2. The number of benzene rings is 1. The summed E-state index contributed by atoms with van der Waals surface area (Å²) in [5.74, 6) is 0.993. The summed E-state index contributed by atoms with van der Waals surface area (Å²) < 4.78 is 5.57. The highest BCUT2D eigenvalue weighted by Gasteiger charge is 2.06. The summed E-state index contributed by atoms with van der Waals surface area (Å²) in [6.07, 6.45) is 1.08. The third-order valence-electron chi connectivity index (χ3n) is 2.03. The lowest BCUT2D eigenvalue weighted by molar-refractivity contribution is 0.323. The number of anilines is 1. The first-order valence-corrected chi connectivity index (χ1v) is 4.33. The molecule has 2 heteroatoms. The van der Waals surface area contributed by atoms with Crippen LogP contribution in [0.5, 0.6) is 5.75 Å². The van der Waals surface area contributed by atoms with E-state index in [4.69, 9.17) is 4.74 Å². The number of ether oxygens (including phenoxy) is 1. The van der Waals surface area contributed by atoms with Gasteiger partial charge in [-0.15, -0.1) is 0 Å². The smallest absolute Gasteiger partial charge is 0.142 e. The molecule has 64 valence electrons. The van der Waals surface area contributed by atoms with Crippen molar-refractivity contribution in [2.24, 2.45) is 0 Å². The minimum atomic E-state index is 0.823. The second kappa shape index (κ2) is 3.05. The van der Waals surface area contributed by atoms with Crippen LogP contribution in [0.1, 0.15) is 12.0 Å². The second-order valence-electron chi connectivity index (χ2n) is 3.13. The van der Waals surface area contributed by atoms with Crippen molar-refractivity contribution >= 4 is 5.69 Å². The Morgan fingerprint density at radius 2 is 2.33 bits per heavy atom. The molecule has 0 bridgehead atoms. The van der Waals surface area contributed by atoms with Gasteiger partial charge >= 0.3 is 0 Å². The zero-order valence-electron chi connectivity index (χ0n) is 7.26. The van der Waals surface area contributed by atoms with Crippen LogP contribution in [0.3, 0.4) is 0 Å². The number of fused-ring (bicyclic) bond motifs is 1. The van der Waals surface area contributed by atoms with Crippen LogP contribution in [0.4, 0.5) is 5.69 Å². The Hall–Kier alpha value is -1.18. The first-order chi connectivity index (χ1) is 5.86. The van der Waals surface area contributed by atoms with Crippen LogP contribution >= 0.6 is 0 Å². The van der Waals surface area contributed by atoms with Gasteiger partial charge in [-0.05, 0) is 31.0 Å². The number of rotatable bonds is 0. The van der Waals surface area contributed by atoms with Crippen LogP contribution in [0, 0.1) is 6.92 Å². The Bertz CT molecular complexity index is 283. The lowest BCUT2D eigenvalue weighted by atomic mass is 10.2. The van der Waals surface area contributed by atoms with Gasteiger partial charge in [0, 0.05) is 6.54 Å². The van der Waals surface area contributed by atoms with Gasteiger partial charge in [0.15, 0.2) is 0 Å². The van der Waals surface area contributed by atoms with Crippen LogP contribution in [0.2, 0.25) is 0 Å². The third-order valence-corrected chi connectivity index (χ3v) is 2.03. The van der Waals surface area contributed by atoms with E-state index in [0.717, 1.165) is 31.0 Å². The largest absolute Gasteiger partial charge is 0.491 e. The molecule has 0 aromatic heterocycles. The van der Waals surface area contributed by atoms with E-state index in [1.807, 2.05) is 0 Å². The molecule has 1 aromatic rings. The average Bonchev–Trinajstić information content (AvgIpc) is 2.28. The zero-order valence-corrected chi connectivity index (χ0v) is 7.26. The molecule has 0 radical (unpaired) electrons. The van der Waals surface area contributed by atoms with Gasteiger partial charge in [-0.25, -0.2) is 0 Å². The molecule has 12 heavy (non-hydrogen) atoms. The van der Waals surface area contributed by atoms with E-state index in [1.54, 1.807) is 0 Å². The van der Waals surface area contributed by atoms with E-state index in [0.29, 0.717) is 0 Å². The molecule has 2 rings (SSSR count). The molecule has 1 aromatic carbocycles. The maximum Gasteiger partial charge on any atom is 0.142 e. The van der Waals surface area contributed by atoms with E-state index in [9.17, 15) is 0 Å². The van der Waals surface area contributed by atoms with Crippen LogP contribution in [-0.2, 0) is 0 Å². The Labute approximate surface area is 72.5 Å². The fourth-order valence-corrected chi connectivity index (χ4v) is 1.37. The van der Waals surface area contributed by atoms with Gasteiger partial charge in [0.1, 0.15) is 5.75 Å². The molecule has 0 aliphatic carbocycles. The summed E-state index contributed by atoms with van der Waals surface area (Å²) in [7, 11) is 0. The lowest BCUT2D eigenvalue weighted by Crippen LogP contribution is -1.99. The van der Waals surface area contributed by atoms with Crippen LogP contribution in [-0.4, -0.2) is 13.2 Å². The highest BCUT2D eigenvalue weighted by Crippen LogP contribution is 2.27. The van der Waals surface area contributed by atoms with Gasteiger partial charge in [0.2, 0.25) is 0 Å². The molecule has 0 saturated carbocycles. The van der Waals surface area contributed by atoms with Gasteiger partial charge in [-0.3, -0.25) is 0 Å². The van der Waals surface area contributed by atoms with E-state index >= 15 is 0 Å². The topological polar surface area (TPSA) is 21.3 Å². The van der Waals surface area contributed by atoms with E-state index in [1.165, 1.54) is 5.56 Å². The van der Waals surface area contributed by atoms with Crippen molar-refractivity contribution in [1.82, 2.24) is 0 Å². The highest BCUT2D eigenvalue weighted by atomic mass is 16.5. The van der Waals surface area contributed by atoms with Crippen molar-refractivity contribution in [3.63, 3.8) is 0 Å². The van der Waals surface area contributed by atoms with Crippen LogP contribution in [0.25, 0.3) is 0 Å². The van der Waals surface area contributed by atoms with Gasteiger partial charge in [-0.1, -0.05) is 6.07 Å². The minimum Gasteiger partial charge on any atom is -0.491 e. The van der Waals surface area contributed by atoms with E-state index < -0.39 is 0 Å². The van der Waals surface area contributed by atoms with Crippen molar-refractivity contribution in [3.05, 3.63) is 23.8 Å². The van der Waals surface area contributed by atoms with Crippen molar-refractivity contribution in [2.75, 3.05) is 18.5 Å². The molecule has 1 N–H and O–H groups in total. The predicted octanol–water partition coefficient (Wildman–Crippen LogP) is 2.19. The van der Waals surface area contributed by atoms with E-state index in [-0.39, 0.29) is 0 Å². The van der Waals surface area contributed by atoms with E-state index in [2.05, 4.69) is 30.4 Å². The molecular formula is C10H13NO. The molecule has 1 aliphatic heterocycles. The SMILES string of the molecule is Cc1ccc2c(c1)OCCCN2. The Morgan fingerprint density at radius 1 is 1.42 bits per heavy atom. The quantitative estimate of drug-likeness (QED) is 0.633. The van der Waals surface area contributed by atoms with Crippen LogP contribution in [0.15, 0.2) is 18.2 Å². The monoisotopic (exact) mass is 163 g/mol. The standard InChI is InChI=1S/C10H13NO/c1-8-3-4-9-10(7-8)12-6-2-5-11-9/h3-4,7,11H,2,5-6H2,1H3. The summed E-state index contributed by atoms with van der Waals surface area (Å²) in [4.78, 5) is 0. The first-order valence-electron chi connectivity index (χ1n) is 4.33. The van der Waals surface area contributed by atoms with Crippen molar-refractivity contribution in [1.29, 1.82) is 0 Å². The normalized spacial score (nSPS) is 15.4. The van der Waals surface area contributed by atoms with Gasteiger partial charge in [0.25, 0.3) is 0 Å². The van der Waals surface area contributed by atoms with Crippen molar-refractivity contribution < 1.29 is 4.74 Å². The maximum absolute atomic E-state index is 5.57. The molecule has 1 heterocycles.